The third-order valence-electron chi connectivity index (χ3n) is 6.42. The van der Waals surface area contributed by atoms with Gasteiger partial charge >= 0.3 is 0 Å². The van der Waals surface area contributed by atoms with Crippen molar-refractivity contribution in [3.05, 3.63) is 65.2 Å². The number of fused-ring (bicyclic) bond motifs is 3. The van der Waals surface area contributed by atoms with Gasteiger partial charge in [0.1, 0.15) is 5.75 Å². The van der Waals surface area contributed by atoms with Gasteiger partial charge in [-0.25, -0.2) is 0 Å². The first-order chi connectivity index (χ1) is 12.3. The van der Waals surface area contributed by atoms with E-state index in [0.717, 1.165) is 11.7 Å². The Labute approximate surface area is 164 Å². The number of halogens is 1. The largest absolute Gasteiger partial charge is 0.496 e. The topological polar surface area (TPSA) is 12.5 Å². The van der Waals surface area contributed by atoms with E-state index in [1.54, 1.807) is 12.7 Å². The zero-order valence-electron chi connectivity index (χ0n) is 15.9. The zero-order chi connectivity index (χ0) is 17.2. The number of benzene rings is 2. The lowest BCUT2D eigenvalue weighted by Gasteiger charge is -2.35. The molecule has 26 heavy (non-hydrogen) atoms. The molecular formula is C23H30ClNO. The molecule has 1 saturated heterocycles. The first-order valence-corrected chi connectivity index (χ1v) is 9.66. The molecule has 0 saturated carbocycles. The number of hydrogen-bond donors (Lipinski definition) is 0. The number of rotatable bonds is 3. The minimum absolute atomic E-state index is 0. The summed E-state index contributed by atoms with van der Waals surface area (Å²) in [6.45, 7) is 1.17. The predicted molar refractivity (Wildman–Crippen MR) is 111 cm³/mol. The Morgan fingerprint density at radius 2 is 1.81 bits per heavy atom. The normalized spacial score (nSPS) is 25.4. The highest BCUT2D eigenvalue weighted by Crippen LogP contribution is 2.44. The molecule has 2 nitrogen and oxygen atoms in total. The molecule has 0 spiro atoms. The molecule has 3 atom stereocenters. The van der Waals surface area contributed by atoms with Crippen LogP contribution in [0.5, 0.6) is 5.75 Å². The van der Waals surface area contributed by atoms with E-state index >= 15 is 0 Å². The number of methoxy groups -OCH3 is 1. The lowest BCUT2D eigenvalue weighted by Crippen LogP contribution is -2.35. The van der Waals surface area contributed by atoms with Gasteiger partial charge in [-0.3, -0.25) is 0 Å². The number of likely N-dealkylation sites (tertiary alicyclic amines) is 1. The van der Waals surface area contributed by atoms with Crippen molar-refractivity contribution in [3.8, 4) is 5.75 Å². The fourth-order valence-electron chi connectivity index (χ4n) is 5.00. The second kappa shape index (κ2) is 8.45. The molecule has 0 aromatic heterocycles. The molecule has 3 heteroatoms. The first-order valence-electron chi connectivity index (χ1n) is 9.66. The monoisotopic (exact) mass is 371 g/mol. The SMILES string of the molecule is COc1cccc2c1CCC1CCC(Cc3ccccc3)N(C)CC21.Cl. The van der Waals surface area contributed by atoms with Gasteiger partial charge in [0, 0.05) is 12.6 Å². The Balaban J connectivity index is 0.00000196. The van der Waals surface area contributed by atoms with Gasteiger partial charge in [-0.05, 0) is 73.7 Å². The number of hydrogen-bond acceptors (Lipinski definition) is 2. The molecule has 1 aliphatic carbocycles. The summed E-state index contributed by atoms with van der Waals surface area (Å²) in [5.41, 5.74) is 4.47. The first kappa shape index (κ1) is 19.3. The van der Waals surface area contributed by atoms with Crippen LogP contribution in [-0.2, 0) is 12.8 Å². The Hall–Kier alpha value is -1.51. The second-order valence-electron chi connectivity index (χ2n) is 7.79. The summed E-state index contributed by atoms with van der Waals surface area (Å²) in [6.07, 6.45) is 6.31. The van der Waals surface area contributed by atoms with Crippen molar-refractivity contribution < 1.29 is 4.74 Å². The van der Waals surface area contributed by atoms with E-state index < -0.39 is 0 Å². The van der Waals surface area contributed by atoms with Gasteiger partial charge in [-0.2, -0.15) is 0 Å². The maximum absolute atomic E-state index is 5.64. The second-order valence-corrected chi connectivity index (χ2v) is 7.79. The lowest BCUT2D eigenvalue weighted by molar-refractivity contribution is 0.230. The molecule has 2 aliphatic rings. The van der Waals surface area contributed by atoms with Crippen molar-refractivity contribution >= 4 is 12.4 Å². The van der Waals surface area contributed by atoms with Crippen LogP contribution in [0.4, 0.5) is 0 Å². The number of nitrogens with zero attached hydrogens (tertiary/aromatic N) is 1. The van der Waals surface area contributed by atoms with Crippen molar-refractivity contribution in [2.75, 3.05) is 20.7 Å². The summed E-state index contributed by atoms with van der Waals surface area (Å²) >= 11 is 0. The van der Waals surface area contributed by atoms with Gasteiger partial charge in [0.15, 0.2) is 0 Å². The van der Waals surface area contributed by atoms with Gasteiger partial charge < -0.3 is 9.64 Å². The quantitative estimate of drug-likeness (QED) is 0.744. The number of ether oxygens (including phenoxy) is 1. The van der Waals surface area contributed by atoms with Crippen LogP contribution in [-0.4, -0.2) is 31.6 Å². The van der Waals surface area contributed by atoms with Crippen LogP contribution >= 0.6 is 12.4 Å². The van der Waals surface area contributed by atoms with Gasteiger partial charge in [-0.1, -0.05) is 42.5 Å². The minimum atomic E-state index is 0. The fraction of sp³-hybridized carbons (Fsp3) is 0.478. The molecule has 0 bridgehead atoms. The van der Waals surface area contributed by atoms with Crippen LogP contribution < -0.4 is 4.74 Å². The molecule has 2 aromatic rings. The highest BCUT2D eigenvalue weighted by atomic mass is 35.5. The molecule has 0 N–H and O–H groups in total. The van der Waals surface area contributed by atoms with E-state index in [4.69, 9.17) is 4.74 Å². The summed E-state index contributed by atoms with van der Waals surface area (Å²) in [6, 6.07) is 18.3. The van der Waals surface area contributed by atoms with Crippen LogP contribution in [0.25, 0.3) is 0 Å². The third-order valence-corrected chi connectivity index (χ3v) is 6.42. The highest BCUT2D eigenvalue weighted by molar-refractivity contribution is 5.85. The van der Waals surface area contributed by atoms with Crippen LogP contribution in [0.3, 0.4) is 0 Å². The van der Waals surface area contributed by atoms with Crippen LogP contribution in [0.1, 0.15) is 41.9 Å². The van der Waals surface area contributed by atoms with Crippen LogP contribution in [0.2, 0.25) is 0 Å². The van der Waals surface area contributed by atoms with Gasteiger partial charge in [-0.15, -0.1) is 12.4 Å². The third kappa shape index (κ3) is 3.77. The molecule has 1 fully saturated rings. The predicted octanol–water partition coefficient (Wildman–Crippen LogP) is 5.10. The van der Waals surface area contributed by atoms with Gasteiger partial charge in [0.05, 0.1) is 7.11 Å². The summed E-state index contributed by atoms with van der Waals surface area (Å²) in [5.74, 6) is 2.57. The molecule has 1 aliphatic heterocycles. The van der Waals surface area contributed by atoms with Gasteiger partial charge in [0.25, 0.3) is 0 Å². The van der Waals surface area contributed by atoms with Crippen molar-refractivity contribution in [1.82, 2.24) is 4.90 Å². The van der Waals surface area contributed by atoms with E-state index in [1.807, 2.05) is 0 Å². The highest BCUT2D eigenvalue weighted by Gasteiger charge is 2.35. The maximum Gasteiger partial charge on any atom is 0.122 e. The van der Waals surface area contributed by atoms with Crippen molar-refractivity contribution in [2.45, 2.75) is 44.1 Å². The van der Waals surface area contributed by atoms with E-state index in [9.17, 15) is 0 Å². The summed E-state index contributed by atoms with van der Waals surface area (Å²) < 4.78 is 5.64. The number of likely N-dealkylation sites (N-methyl/N-ethyl adjacent to an activating group) is 1. The van der Waals surface area contributed by atoms with Crippen molar-refractivity contribution in [3.63, 3.8) is 0 Å². The minimum Gasteiger partial charge on any atom is -0.496 e. The molecule has 140 valence electrons. The lowest BCUT2D eigenvalue weighted by atomic mass is 9.73. The van der Waals surface area contributed by atoms with Crippen molar-refractivity contribution in [1.29, 1.82) is 0 Å². The average Bonchev–Trinajstić information content (AvgIpc) is 2.81. The van der Waals surface area contributed by atoms with Crippen molar-refractivity contribution in [2.24, 2.45) is 5.92 Å². The van der Waals surface area contributed by atoms with E-state index in [0.29, 0.717) is 12.0 Å². The molecule has 0 amide bonds. The van der Waals surface area contributed by atoms with E-state index in [1.165, 1.54) is 49.8 Å². The van der Waals surface area contributed by atoms with E-state index in [2.05, 4.69) is 60.5 Å². The summed E-state index contributed by atoms with van der Waals surface area (Å²) in [5, 5.41) is 0. The molecule has 4 rings (SSSR count). The Kier molecular flexibility index (Phi) is 6.26. The molecular weight excluding hydrogens is 342 g/mol. The summed E-state index contributed by atoms with van der Waals surface area (Å²) in [4.78, 5) is 2.62. The smallest absolute Gasteiger partial charge is 0.122 e. The van der Waals surface area contributed by atoms with E-state index in [-0.39, 0.29) is 12.4 Å². The maximum atomic E-state index is 5.64. The zero-order valence-corrected chi connectivity index (χ0v) is 16.7. The molecule has 0 radical (unpaired) electrons. The molecule has 3 unspecified atom stereocenters. The Bertz CT molecular complexity index is 717. The Morgan fingerprint density at radius 1 is 1.00 bits per heavy atom. The standard InChI is InChI=1S/C23H29NO.ClH/c1-24-16-22-18(11-13-19(24)15-17-7-4-3-5-8-17)12-14-21-20(22)9-6-10-23(21)25-2;/h3-10,18-19,22H,11-16H2,1-2H3;1H. The van der Waals surface area contributed by atoms with Crippen LogP contribution in [0.15, 0.2) is 48.5 Å². The van der Waals surface area contributed by atoms with Gasteiger partial charge in [0.2, 0.25) is 0 Å². The average molecular weight is 372 g/mol. The van der Waals surface area contributed by atoms with Crippen LogP contribution in [0, 0.1) is 5.92 Å². The molecule has 2 aromatic carbocycles. The fourth-order valence-corrected chi connectivity index (χ4v) is 5.00. The Morgan fingerprint density at radius 3 is 2.58 bits per heavy atom. The molecule has 1 heterocycles. The summed E-state index contributed by atoms with van der Waals surface area (Å²) in [7, 11) is 4.13.